The van der Waals surface area contributed by atoms with Gasteiger partial charge in [0, 0.05) is 10.9 Å². The van der Waals surface area contributed by atoms with Gasteiger partial charge in [0.05, 0.1) is 0 Å². The lowest BCUT2D eigenvalue weighted by molar-refractivity contribution is 0.622. The Bertz CT molecular complexity index is 693. The number of aromatic nitrogens is 1. The summed E-state index contributed by atoms with van der Waals surface area (Å²) in [5.41, 5.74) is 0.0260. The second kappa shape index (κ2) is 3.66. The van der Waals surface area contributed by atoms with Gasteiger partial charge in [0.1, 0.15) is 5.69 Å². The third-order valence-corrected chi connectivity index (χ3v) is 2.25. The van der Waals surface area contributed by atoms with Crippen molar-refractivity contribution in [1.29, 1.82) is 0 Å². The average molecular weight is 222 g/mol. The van der Waals surface area contributed by atoms with Crippen LogP contribution in [0.15, 0.2) is 39.5 Å². The molecule has 1 heterocycles. The number of fused-ring (bicyclic) bond motifs is 1. The highest BCUT2D eigenvalue weighted by Crippen LogP contribution is 2.14. The minimum atomic E-state index is -2.61. The number of para-hydroxylation sites is 1. The molecule has 0 atom stereocenters. The number of rotatable bonds is 1. The molecule has 0 bridgehead atoms. The maximum atomic E-state index is 11.3. The zero-order valence-corrected chi connectivity index (χ0v) is 8.28. The number of H-pyrrole nitrogens is 1. The summed E-state index contributed by atoms with van der Waals surface area (Å²) in [6.07, 6.45) is 0. The van der Waals surface area contributed by atoms with E-state index in [0.29, 0.717) is 5.52 Å². The van der Waals surface area contributed by atoms with Crippen LogP contribution in [0.1, 0.15) is 0 Å². The first-order chi connectivity index (χ1) is 7.16. The number of hydrogen-bond donors (Lipinski definition) is 1. The molecule has 0 saturated heterocycles. The van der Waals surface area contributed by atoms with Crippen LogP contribution in [-0.4, -0.2) is 13.4 Å². The monoisotopic (exact) mass is 222 g/mol. The summed E-state index contributed by atoms with van der Waals surface area (Å²) in [6, 6.07) is 8.50. The molecule has 0 spiro atoms. The van der Waals surface area contributed by atoms with E-state index in [1.54, 1.807) is 24.3 Å². The highest BCUT2D eigenvalue weighted by molar-refractivity contribution is 7.61. The third-order valence-electron chi connectivity index (χ3n) is 1.91. The molecule has 1 N–H and O–H groups in total. The van der Waals surface area contributed by atoms with E-state index in [4.69, 9.17) is 0 Å². The molecule has 2 aromatic rings. The van der Waals surface area contributed by atoms with Crippen molar-refractivity contribution in [3.05, 3.63) is 40.7 Å². The van der Waals surface area contributed by atoms with Gasteiger partial charge < -0.3 is 4.98 Å². The van der Waals surface area contributed by atoms with Crippen molar-refractivity contribution in [2.75, 3.05) is 0 Å². The molecule has 0 amide bonds. The maximum absolute atomic E-state index is 11.3. The third kappa shape index (κ3) is 1.94. The Hall–Kier alpha value is -1.95. The fourth-order valence-corrected chi connectivity index (χ4v) is 1.58. The minimum absolute atomic E-state index is 0.109. The fraction of sp³-hybridized carbons (Fsp3) is 0. The minimum Gasteiger partial charge on any atom is -0.320 e. The van der Waals surface area contributed by atoms with Gasteiger partial charge in [0.2, 0.25) is 0 Å². The molecular weight excluding hydrogens is 216 g/mol. The van der Waals surface area contributed by atoms with Crippen LogP contribution in [0.2, 0.25) is 0 Å². The first-order valence-electron chi connectivity index (χ1n) is 4.10. The lowest BCUT2D eigenvalue weighted by Gasteiger charge is -1.96. The number of nitrogens with one attached hydrogen (secondary N) is 1. The van der Waals surface area contributed by atoms with Crippen LogP contribution < -0.4 is 5.56 Å². The molecule has 0 unspecified atom stereocenters. The molecule has 15 heavy (non-hydrogen) atoms. The molecule has 1 aromatic heterocycles. The van der Waals surface area contributed by atoms with Gasteiger partial charge in [-0.15, -0.1) is 4.36 Å². The van der Waals surface area contributed by atoms with E-state index in [9.17, 15) is 13.2 Å². The van der Waals surface area contributed by atoms with Crippen molar-refractivity contribution >= 4 is 27.1 Å². The fourth-order valence-electron chi connectivity index (χ4n) is 1.28. The van der Waals surface area contributed by atoms with Crippen molar-refractivity contribution in [2.45, 2.75) is 0 Å². The van der Waals surface area contributed by atoms with Crippen LogP contribution >= 0.6 is 0 Å². The molecule has 76 valence electrons. The second-order valence-corrected chi connectivity index (χ2v) is 3.50. The van der Waals surface area contributed by atoms with E-state index in [-0.39, 0.29) is 5.69 Å². The second-order valence-electron chi connectivity index (χ2n) is 2.88. The highest BCUT2D eigenvalue weighted by Gasteiger charge is 2.00. The van der Waals surface area contributed by atoms with E-state index < -0.39 is 16.1 Å². The predicted molar refractivity (Wildman–Crippen MR) is 55.6 cm³/mol. The molecular formula is C9H6N2O3S. The summed E-state index contributed by atoms with van der Waals surface area (Å²) in [7, 11) is -2.61. The topological polar surface area (TPSA) is 79.4 Å². The Morgan fingerprint density at radius 2 is 1.93 bits per heavy atom. The van der Waals surface area contributed by atoms with Crippen LogP contribution in [0.4, 0.5) is 5.69 Å². The smallest absolute Gasteiger partial charge is 0.316 e. The van der Waals surface area contributed by atoms with Gasteiger partial charge >= 0.3 is 10.5 Å². The van der Waals surface area contributed by atoms with Crippen LogP contribution in [-0.2, 0) is 10.5 Å². The predicted octanol–water partition coefficient (Wildman–Crippen LogP) is 1.22. The van der Waals surface area contributed by atoms with Gasteiger partial charge in [0.15, 0.2) is 0 Å². The summed E-state index contributed by atoms with van der Waals surface area (Å²) < 4.78 is 23.9. The Labute approximate surface area is 86.1 Å². The van der Waals surface area contributed by atoms with Gasteiger partial charge in [-0.3, -0.25) is 4.79 Å². The number of pyridine rings is 1. The van der Waals surface area contributed by atoms with Crippen molar-refractivity contribution in [3.8, 4) is 0 Å². The van der Waals surface area contributed by atoms with Crippen molar-refractivity contribution in [3.63, 3.8) is 0 Å². The summed E-state index contributed by atoms with van der Waals surface area (Å²) in [5, 5.41) is 0.737. The molecule has 2 rings (SSSR count). The van der Waals surface area contributed by atoms with Crippen molar-refractivity contribution in [2.24, 2.45) is 4.36 Å². The Kier molecular flexibility index (Phi) is 2.34. The zero-order valence-electron chi connectivity index (χ0n) is 7.47. The van der Waals surface area contributed by atoms with Gasteiger partial charge in [0.25, 0.3) is 5.56 Å². The van der Waals surface area contributed by atoms with E-state index in [2.05, 4.69) is 9.35 Å². The summed E-state index contributed by atoms with van der Waals surface area (Å²) >= 11 is 0. The lowest BCUT2D eigenvalue weighted by atomic mass is 10.2. The van der Waals surface area contributed by atoms with E-state index in [1.807, 2.05) is 0 Å². The van der Waals surface area contributed by atoms with E-state index in [0.717, 1.165) is 5.39 Å². The standard InChI is InChI=1S/C9H6N2O3S/c12-9-8(11-15(13)14)5-6-3-1-2-4-7(6)10-9/h1-5H,(H,10,12). The van der Waals surface area contributed by atoms with E-state index >= 15 is 0 Å². The van der Waals surface area contributed by atoms with Gasteiger partial charge in [-0.25, -0.2) is 0 Å². The first kappa shape index (κ1) is 9.60. The van der Waals surface area contributed by atoms with Crippen LogP contribution in [0.25, 0.3) is 10.9 Å². The van der Waals surface area contributed by atoms with Crippen LogP contribution in [0.3, 0.4) is 0 Å². The SMILES string of the molecule is O=c1[nH]c2ccccc2cc1N=S(=O)=O. The average Bonchev–Trinajstić information content (AvgIpc) is 2.18. The number of nitrogens with zero attached hydrogens (tertiary/aromatic N) is 1. The van der Waals surface area contributed by atoms with Crippen LogP contribution in [0.5, 0.6) is 0 Å². The molecule has 0 radical (unpaired) electrons. The number of aromatic amines is 1. The van der Waals surface area contributed by atoms with E-state index in [1.165, 1.54) is 6.07 Å². The van der Waals surface area contributed by atoms with Gasteiger partial charge in [-0.05, 0) is 12.1 Å². The summed E-state index contributed by atoms with van der Waals surface area (Å²) in [5.74, 6) is 0. The quantitative estimate of drug-likeness (QED) is 0.787. The Balaban J connectivity index is 2.84. The maximum Gasteiger partial charge on any atom is 0.316 e. The molecule has 0 aliphatic rings. The first-order valence-corrected chi connectivity index (χ1v) is 5.13. The number of benzene rings is 1. The molecule has 0 aliphatic heterocycles. The van der Waals surface area contributed by atoms with Crippen molar-refractivity contribution in [1.82, 2.24) is 4.98 Å². The Morgan fingerprint density at radius 1 is 1.20 bits per heavy atom. The zero-order chi connectivity index (χ0) is 10.8. The Morgan fingerprint density at radius 3 is 2.67 bits per heavy atom. The van der Waals surface area contributed by atoms with Gasteiger partial charge in [-0.1, -0.05) is 18.2 Å². The highest BCUT2D eigenvalue weighted by atomic mass is 32.2. The van der Waals surface area contributed by atoms with Gasteiger partial charge in [-0.2, -0.15) is 8.42 Å². The largest absolute Gasteiger partial charge is 0.320 e. The molecule has 5 nitrogen and oxygen atoms in total. The molecule has 6 heteroatoms. The lowest BCUT2D eigenvalue weighted by Crippen LogP contribution is -2.04. The molecule has 1 aromatic carbocycles. The van der Waals surface area contributed by atoms with Crippen molar-refractivity contribution < 1.29 is 8.42 Å². The molecule has 0 aliphatic carbocycles. The normalized spacial score (nSPS) is 10.1. The summed E-state index contributed by atoms with van der Waals surface area (Å²) in [6.45, 7) is 0. The molecule has 0 saturated carbocycles. The number of hydrogen-bond acceptors (Lipinski definition) is 4. The van der Waals surface area contributed by atoms with Crippen LogP contribution in [0, 0.1) is 0 Å². The summed E-state index contributed by atoms with van der Waals surface area (Å²) in [4.78, 5) is 13.9. The molecule has 0 fully saturated rings.